The van der Waals surface area contributed by atoms with Crippen molar-refractivity contribution in [1.82, 2.24) is 9.55 Å². The fourth-order valence-corrected chi connectivity index (χ4v) is 2.34. The maximum atomic E-state index is 6.04. The van der Waals surface area contributed by atoms with Gasteiger partial charge in [0.25, 0.3) is 0 Å². The van der Waals surface area contributed by atoms with Crippen molar-refractivity contribution in [3.8, 4) is 0 Å². The molecule has 0 saturated carbocycles. The zero-order chi connectivity index (χ0) is 13.1. The zero-order valence-corrected chi connectivity index (χ0v) is 12.2. The smallest absolute Gasteiger partial charge is 0.124 e. The number of aromatic nitrogens is 2. The van der Waals surface area contributed by atoms with E-state index in [2.05, 4.69) is 4.98 Å². The van der Waals surface area contributed by atoms with Gasteiger partial charge in [-0.2, -0.15) is 0 Å². The van der Waals surface area contributed by atoms with Gasteiger partial charge in [-0.1, -0.05) is 23.2 Å². The van der Waals surface area contributed by atoms with Gasteiger partial charge < -0.3 is 9.30 Å². The van der Waals surface area contributed by atoms with Gasteiger partial charge >= 0.3 is 0 Å². The van der Waals surface area contributed by atoms with Gasteiger partial charge in [-0.15, -0.1) is 11.6 Å². The van der Waals surface area contributed by atoms with E-state index < -0.39 is 0 Å². The molecule has 0 saturated heterocycles. The highest BCUT2D eigenvalue weighted by Gasteiger charge is 2.12. The van der Waals surface area contributed by atoms with Crippen molar-refractivity contribution in [3.63, 3.8) is 0 Å². The lowest BCUT2D eigenvalue weighted by Crippen LogP contribution is -2.08. The Balaban J connectivity index is 2.44. The van der Waals surface area contributed by atoms with Crippen molar-refractivity contribution in [3.05, 3.63) is 28.0 Å². The van der Waals surface area contributed by atoms with E-state index in [1.54, 1.807) is 6.07 Å². The second kappa shape index (κ2) is 6.11. The third-order valence-electron chi connectivity index (χ3n) is 2.65. The molecular formula is C12H13Cl3N2O. The Morgan fingerprint density at radius 1 is 1.28 bits per heavy atom. The maximum absolute atomic E-state index is 6.04. The number of ether oxygens (including phenoxy) is 1. The summed E-state index contributed by atoms with van der Waals surface area (Å²) in [4.78, 5) is 4.44. The lowest BCUT2D eigenvalue weighted by molar-refractivity contribution is 0.139. The van der Waals surface area contributed by atoms with Crippen LogP contribution in [0.25, 0.3) is 11.0 Å². The van der Waals surface area contributed by atoms with Crippen LogP contribution in [0.15, 0.2) is 12.1 Å². The van der Waals surface area contributed by atoms with Crippen LogP contribution in [-0.4, -0.2) is 22.8 Å². The normalized spacial score (nSPS) is 11.3. The summed E-state index contributed by atoms with van der Waals surface area (Å²) in [5.41, 5.74) is 1.73. The van der Waals surface area contributed by atoms with Crippen molar-refractivity contribution >= 4 is 45.8 Å². The first-order valence-electron chi connectivity index (χ1n) is 5.65. The van der Waals surface area contributed by atoms with E-state index in [9.17, 15) is 0 Å². The second-order valence-corrected chi connectivity index (χ2v) is 4.85. The molecule has 0 N–H and O–H groups in total. The van der Waals surface area contributed by atoms with Crippen molar-refractivity contribution in [1.29, 1.82) is 0 Å². The van der Waals surface area contributed by atoms with Gasteiger partial charge in [0.05, 0.1) is 33.6 Å². The lowest BCUT2D eigenvalue weighted by Gasteiger charge is -2.08. The molecule has 1 aromatic carbocycles. The maximum Gasteiger partial charge on any atom is 0.124 e. The number of rotatable bonds is 5. The molecule has 0 unspecified atom stereocenters. The van der Waals surface area contributed by atoms with Crippen LogP contribution >= 0.6 is 34.8 Å². The van der Waals surface area contributed by atoms with Crippen LogP contribution in [0.1, 0.15) is 12.7 Å². The molecule has 0 aliphatic heterocycles. The van der Waals surface area contributed by atoms with Gasteiger partial charge in [0, 0.05) is 13.2 Å². The van der Waals surface area contributed by atoms with Crippen LogP contribution in [-0.2, 0) is 17.2 Å². The molecule has 18 heavy (non-hydrogen) atoms. The summed E-state index contributed by atoms with van der Waals surface area (Å²) < 4.78 is 7.37. The molecule has 0 aliphatic rings. The molecular weight excluding hydrogens is 295 g/mol. The largest absolute Gasteiger partial charge is 0.380 e. The number of nitrogens with zero attached hydrogens (tertiary/aromatic N) is 2. The van der Waals surface area contributed by atoms with Crippen LogP contribution in [0, 0.1) is 0 Å². The average Bonchev–Trinajstić information content (AvgIpc) is 2.68. The highest BCUT2D eigenvalue weighted by atomic mass is 35.5. The Bertz CT molecular complexity index is 554. The molecule has 0 atom stereocenters. The lowest BCUT2D eigenvalue weighted by atomic mass is 10.3. The van der Waals surface area contributed by atoms with E-state index in [0.29, 0.717) is 35.7 Å². The fourth-order valence-electron chi connectivity index (χ4n) is 1.82. The predicted octanol–water partition coefficient (Wildman–Crippen LogP) is 4.12. The minimum Gasteiger partial charge on any atom is -0.380 e. The van der Waals surface area contributed by atoms with Crippen molar-refractivity contribution < 1.29 is 4.74 Å². The molecule has 0 aliphatic carbocycles. The quantitative estimate of drug-likeness (QED) is 0.614. The van der Waals surface area contributed by atoms with Crippen molar-refractivity contribution in [2.24, 2.45) is 0 Å². The Hall–Kier alpha value is -0.480. The van der Waals surface area contributed by atoms with Gasteiger partial charge in [0.1, 0.15) is 5.82 Å². The number of alkyl halides is 1. The molecule has 3 nitrogen and oxygen atoms in total. The number of fused-ring (bicyclic) bond motifs is 1. The third kappa shape index (κ3) is 2.75. The summed E-state index contributed by atoms with van der Waals surface area (Å²) in [5, 5.41) is 1.02. The molecule has 1 heterocycles. The monoisotopic (exact) mass is 306 g/mol. The van der Waals surface area contributed by atoms with Crippen LogP contribution in [0.3, 0.4) is 0 Å². The van der Waals surface area contributed by atoms with E-state index in [-0.39, 0.29) is 0 Å². The molecule has 0 amide bonds. The molecule has 98 valence electrons. The average molecular weight is 308 g/mol. The standard InChI is InChI=1S/C12H13Cl3N2O/c1-2-18-4-3-17-11-6-9(15)8(14)5-10(11)16-12(17)7-13/h5-6H,2-4,7H2,1H3. The Morgan fingerprint density at radius 2 is 2.00 bits per heavy atom. The topological polar surface area (TPSA) is 27.1 Å². The minimum absolute atomic E-state index is 0.343. The third-order valence-corrected chi connectivity index (χ3v) is 3.61. The van der Waals surface area contributed by atoms with Crippen LogP contribution in [0.4, 0.5) is 0 Å². The Kier molecular flexibility index (Phi) is 4.73. The first-order chi connectivity index (χ1) is 8.67. The highest BCUT2D eigenvalue weighted by molar-refractivity contribution is 6.42. The SMILES string of the molecule is CCOCCn1c(CCl)nc2cc(Cl)c(Cl)cc21. The summed E-state index contributed by atoms with van der Waals surface area (Å²) >= 11 is 17.9. The number of hydrogen-bond donors (Lipinski definition) is 0. The Morgan fingerprint density at radius 3 is 2.67 bits per heavy atom. The van der Waals surface area contributed by atoms with E-state index in [1.807, 2.05) is 17.6 Å². The number of halogens is 3. The molecule has 2 rings (SSSR count). The van der Waals surface area contributed by atoms with Gasteiger partial charge in [-0.05, 0) is 19.1 Å². The van der Waals surface area contributed by atoms with Gasteiger partial charge in [-0.3, -0.25) is 0 Å². The summed E-state index contributed by atoms with van der Waals surface area (Å²) in [6.07, 6.45) is 0. The number of hydrogen-bond acceptors (Lipinski definition) is 2. The van der Waals surface area contributed by atoms with Crippen molar-refractivity contribution in [2.45, 2.75) is 19.3 Å². The molecule has 0 spiro atoms. The van der Waals surface area contributed by atoms with Crippen LogP contribution in [0.2, 0.25) is 10.0 Å². The van der Waals surface area contributed by atoms with E-state index in [4.69, 9.17) is 39.5 Å². The summed E-state index contributed by atoms with van der Waals surface area (Å²) in [6, 6.07) is 3.57. The van der Waals surface area contributed by atoms with Crippen LogP contribution in [0.5, 0.6) is 0 Å². The number of benzene rings is 1. The Labute approximate surface area is 121 Å². The number of imidazole rings is 1. The first-order valence-corrected chi connectivity index (χ1v) is 6.94. The molecule has 2 aromatic rings. The summed E-state index contributed by atoms with van der Waals surface area (Å²) in [7, 11) is 0. The molecule has 6 heteroatoms. The fraction of sp³-hybridized carbons (Fsp3) is 0.417. The minimum atomic E-state index is 0.343. The summed E-state index contributed by atoms with van der Waals surface area (Å²) in [5.74, 6) is 1.14. The van der Waals surface area contributed by atoms with E-state index >= 15 is 0 Å². The molecule has 0 radical (unpaired) electrons. The zero-order valence-electron chi connectivity index (χ0n) is 9.92. The van der Waals surface area contributed by atoms with E-state index in [1.165, 1.54) is 0 Å². The molecule has 0 fully saturated rings. The van der Waals surface area contributed by atoms with Gasteiger partial charge in [-0.25, -0.2) is 4.98 Å². The molecule has 1 aromatic heterocycles. The van der Waals surface area contributed by atoms with Crippen LogP contribution < -0.4 is 0 Å². The predicted molar refractivity (Wildman–Crippen MR) is 75.8 cm³/mol. The highest BCUT2D eigenvalue weighted by Crippen LogP contribution is 2.28. The van der Waals surface area contributed by atoms with Gasteiger partial charge in [0.15, 0.2) is 0 Å². The van der Waals surface area contributed by atoms with Crippen molar-refractivity contribution in [2.75, 3.05) is 13.2 Å². The summed E-state index contributed by atoms with van der Waals surface area (Å²) in [6.45, 7) is 3.97. The first kappa shape index (κ1) is 13.9. The molecule has 0 bridgehead atoms. The second-order valence-electron chi connectivity index (χ2n) is 3.77. The van der Waals surface area contributed by atoms with E-state index in [0.717, 1.165) is 16.9 Å². The van der Waals surface area contributed by atoms with Gasteiger partial charge in [0.2, 0.25) is 0 Å².